The topological polar surface area (TPSA) is 30.5 Å². The Hall–Kier alpha value is -0.840. The first-order valence-corrected chi connectivity index (χ1v) is 9.01. The number of methoxy groups -OCH3 is 1. The molecule has 0 aromatic heterocycles. The first-order valence-electron chi connectivity index (χ1n) is 7.88. The van der Waals surface area contributed by atoms with E-state index in [2.05, 4.69) is 26.1 Å². The second-order valence-electron chi connectivity index (χ2n) is 6.74. The fraction of sp³-hybridized carbons (Fsp3) is 0.368. The van der Waals surface area contributed by atoms with Crippen molar-refractivity contribution < 1.29 is 9.47 Å². The summed E-state index contributed by atoms with van der Waals surface area (Å²) < 4.78 is 11.3. The van der Waals surface area contributed by atoms with Crippen molar-refractivity contribution in [1.29, 1.82) is 0 Å². The highest BCUT2D eigenvalue weighted by molar-refractivity contribution is 6.35. The molecule has 2 aromatic carbocycles. The van der Waals surface area contributed by atoms with Crippen LogP contribution in [-0.2, 0) is 13.2 Å². The van der Waals surface area contributed by atoms with Gasteiger partial charge in [-0.05, 0) is 50.6 Å². The van der Waals surface area contributed by atoms with Crippen molar-refractivity contribution in [1.82, 2.24) is 5.32 Å². The van der Waals surface area contributed by atoms with Crippen LogP contribution in [0.25, 0.3) is 0 Å². The molecule has 0 aliphatic rings. The van der Waals surface area contributed by atoms with Crippen LogP contribution < -0.4 is 14.8 Å². The van der Waals surface area contributed by atoms with Crippen LogP contribution in [0.3, 0.4) is 0 Å². The lowest BCUT2D eigenvalue weighted by atomic mass is 10.1. The van der Waals surface area contributed by atoms with Gasteiger partial charge in [0.1, 0.15) is 6.61 Å². The largest absolute Gasteiger partial charge is 0.493 e. The van der Waals surface area contributed by atoms with Gasteiger partial charge in [-0.25, -0.2) is 0 Å². The zero-order valence-corrected chi connectivity index (χ0v) is 18.2. The van der Waals surface area contributed by atoms with Crippen molar-refractivity contribution in [3.05, 3.63) is 56.5 Å². The minimum Gasteiger partial charge on any atom is -0.493 e. The predicted octanol–water partition coefficient (Wildman–Crippen LogP) is 6.54. The van der Waals surface area contributed by atoms with Gasteiger partial charge in [-0.3, -0.25) is 0 Å². The highest BCUT2D eigenvalue weighted by Crippen LogP contribution is 2.37. The van der Waals surface area contributed by atoms with Crippen LogP contribution in [0.5, 0.6) is 11.5 Å². The average molecular weight is 439 g/mol. The Kier molecular flexibility index (Phi) is 8.84. The van der Waals surface area contributed by atoms with Crippen LogP contribution >= 0.6 is 47.2 Å². The van der Waals surface area contributed by atoms with E-state index in [-0.39, 0.29) is 24.6 Å². The molecule has 144 valence electrons. The molecular formula is C19H23Cl4NO2. The Balaban J connectivity index is 0.00000338. The zero-order valence-electron chi connectivity index (χ0n) is 15.2. The van der Waals surface area contributed by atoms with E-state index in [4.69, 9.17) is 44.3 Å². The van der Waals surface area contributed by atoms with Crippen LogP contribution in [0.2, 0.25) is 15.1 Å². The van der Waals surface area contributed by atoms with E-state index in [0.717, 1.165) is 11.1 Å². The van der Waals surface area contributed by atoms with Crippen molar-refractivity contribution in [2.75, 3.05) is 7.11 Å². The number of ether oxygens (including phenoxy) is 2. The second-order valence-corrected chi connectivity index (χ2v) is 7.99. The monoisotopic (exact) mass is 437 g/mol. The maximum Gasteiger partial charge on any atom is 0.180 e. The Morgan fingerprint density at radius 1 is 1.00 bits per heavy atom. The lowest BCUT2D eigenvalue weighted by Gasteiger charge is -2.21. The fourth-order valence-electron chi connectivity index (χ4n) is 2.17. The van der Waals surface area contributed by atoms with Crippen molar-refractivity contribution in [3.8, 4) is 11.5 Å². The maximum atomic E-state index is 6.41. The van der Waals surface area contributed by atoms with Gasteiger partial charge in [0.15, 0.2) is 11.5 Å². The van der Waals surface area contributed by atoms with Crippen LogP contribution in [0, 0.1) is 0 Å². The molecular weight excluding hydrogens is 416 g/mol. The molecule has 0 bridgehead atoms. The molecule has 0 amide bonds. The minimum absolute atomic E-state index is 0. The number of nitrogens with one attached hydrogen (secondary N) is 1. The fourth-order valence-corrected chi connectivity index (χ4v) is 2.92. The predicted molar refractivity (Wildman–Crippen MR) is 113 cm³/mol. The lowest BCUT2D eigenvalue weighted by Crippen LogP contribution is -2.35. The summed E-state index contributed by atoms with van der Waals surface area (Å²) in [5, 5.41) is 5.05. The summed E-state index contributed by atoms with van der Waals surface area (Å²) in [7, 11) is 1.59. The zero-order chi connectivity index (χ0) is 18.6. The molecule has 0 aliphatic carbocycles. The van der Waals surface area contributed by atoms with Crippen molar-refractivity contribution >= 4 is 47.2 Å². The molecule has 3 nitrogen and oxygen atoms in total. The van der Waals surface area contributed by atoms with Gasteiger partial charge in [0.05, 0.1) is 12.1 Å². The van der Waals surface area contributed by atoms with E-state index in [1.807, 2.05) is 18.2 Å². The molecule has 0 heterocycles. The first kappa shape index (κ1) is 23.2. The number of rotatable bonds is 6. The van der Waals surface area contributed by atoms with Crippen LogP contribution in [0.1, 0.15) is 31.9 Å². The molecule has 2 aromatic rings. The molecule has 1 N–H and O–H groups in total. The molecule has 7 heteroatoms. The molecule has 0 spiro atoms. The molecule has 0 aliphatic heterocycles. The van der Waals surface area contributed by atoms with Gasteiger partial charge in [-0.15, -0.1) is 12.4 Å². The summed E-state index contributed by atoms with van der Waals surface area (Å²) in [5.74, 6) is 1.08. The molecule has 0 unspecified atom stereocenters. The van der Waals surface area contributed by atoms with Gasteiger partial charge < -0.3 is 14.8 Å². The first-order chi connectivity index (χ1) is 11.7. The minimum atomic E-state index is 0. The summed E-state index contributed by atoms with van der Waals surface area (Å²) in [6, 6.07) is 9.08. The van der Waals surface area contributed by atoms with E-state index in [1.165, 1.54) is 0 Å². The summed E-state index contributed by atoms with van der Waals surface area (Å²) in [6.07, 6.45) is 0. The highest BCUT2D eigenvalue weighted by atomic mass is 35.5. The average Bonchev–Trinajstić information content (AvgIpc) is 2.52. The summed E-state index contributed by atoms with van der Waals surface area (Å²) in [6.45, 7) is 7.28. The van der Waals surface area contributed by atoms with Crippen molar-refractivity contribution in [2.45, 2.75) is 39.5 Å². The molecule has 2 rings (SSSR count). The maximum absolute atomic E-state index is 6.41. The summed E-state index contributed by atoms with van der Waals surface area (Å²) >= 11 is 18.5. The van der Waals surface area contributed by atoms with E-state index in [1.54, 1.807) is 19.2 Å². The lowest BCUT2D eigenvalue weighted by molar-refractivity contribution is 0.284. The quantitative estimate of drug-likeness (QED) is 0.554. The molecule has 0 saturated heterocycles. The highest BCUT2D eigenvalue weighted by Gasteiger charge is 2.15. The Morgan fingerprint density at radius 2 is 1.69 bits per heavy atom. The number of hydrogen-bond donors (Lipinski definition) is 1. The van der Waals surface area contributed by atoms with E-state index < -0.39 is 0 Å². The Labute approximate surface area is 176 Å². The summed E-state index contributed by atoms with van der Waals surface area (Å²) in [4.78, 5) is 0. The van der Waals surface area contributed by atoms with Crippen LogP contribution in [-0.4, -0.2) is 12.6 Å². The van der Waals surface area contributed by atoms with Gasteiger partial charge in [0, 0.05) is 27.7 Å². The Bertz CT molecular complexity index is 745. The van der Waals surface area contributed by atoms with Crippen molar-refractivity contribution in [2.24, 2.45) is 0 Å². The number of benzene rings is 2. The molecule has 0 atom stereocenters. The third kappa shape index (κ3) is 6.71. The van der Waals surface area contributed by atoms with Gasteiger partial charge >= 0.3 is 0 Å². The number of hydrogen-bond acceptors (Lipinski definition) is 3. The van der Waals surface area contributed by atoms with Crippen LogP contribution in [0.15, 0.2) is 30.3 Å². The standard InChI is InChI=1S/C19H22Cl3NO2.ClH/c1-19(2,3)23-10-12-7-16(22)18(17(8-12)24-4)25-11-13-5-6-14(20)9-15(13)21;/h5-9,23H,10-11H2,1-4H3;1H. The SMILES string of the molecule is COc1cc(CNC(C)(C)C)cc(Cl)c1OCc1ccc(Cl)cc1Cl.Cl. The number of halogens is 4. The molecule has 26 heavy (non-hydrogen) atoms. The molecule has 0 radical (unpaired) electrons. The third-order valence-electron chi connectivity index (χ3n) is 3.50. The molecule has 0 saturated carbocycles. The smallest absolute Gasteiger partial charge is 0.180 e. The van der Waals surface area contributed by atoms with E-state index in [0.29, 0.717) is 33.1 Å². The van der Waals surface area contributed by atoms with E-state index >= 15 is 0 Å². The van der Waals surface area contributed by atoms with Gasteiger partial charge in [0.25, 0.3) is 0 Å². The van der Waals surface area contributed by atoms with Crippen LogP contribution in [0.4, 0.5) is 0 Å². The van der Waals surface area contributed by atoms with Gasteiger partial charge in [0.2, 0.25) is 0 Å². The van der Waals surface area contributed by atoms with Crippen molar-refractivity contribution in [3.63, 3.8) is 0 Å². The Morgan fingerprint density at radius 3 is 2.27 bits per heavy atom. The molecule has 0 fully saturated rings. The third-order valence-corrected chi connectivity index (χ3v) is 4.37. The summed E-state index contributed by atoms with van der Waals surface area (Å²) in [5.41, 5.74) is 1.86. The second kappa shape index (κ2) is 9.91. The normalized spacial score (nSPS) is 11.0. The van der Waals surface area contributed by atoms with Gasteiger partial charge in [-0.2, -0.15) is 0 Å². The van der Waals surface area contributed by atoms with Gasteiger partial charge in [-0.1, -0.05) is 40.9 Å². The van der Waals surface area contributed by atoms with E-state index in [9.17, 15) is 0 Å².